The quantitative estimate of drug-likeness (QED) is 0.843. The minimum absolute atomic E-state index is 0.0271. The number of amides is 1. The highest BCUT2D eigenvalue weighted by molar-refractivity contribution is 5.93. The van der Waals surface area contributed by atoms with E-state index in [9.17, 15) is 4.79 Å². The number of nitriles is 1. The Kier molecular flexibility index (Phi) is 3.40. The van der Waals surface area contributed by atoms with Gasteiger partial charge in [-0.25, -0.2) is 0 Å². The summed E-state index contributed by atoms with van der Waals surface area (Å²) in [6.45, 7) is 3.04. The second-order valence-corrected chi connectivity index (χ2v) is 4.19. The molecule has 1 atom stereocenters. The molecule has 4 heteroatoms. The van der Waals surface area contributed by atoms with Crippen molar-refractivity contribution in [2.45, 2.75) is 13.3 Å². The summed E-state index contributed by atoms with van der Waals surface area (Å²) in [5.74, 6) is -0.0965. The van der Waals surface area contributed by atoms with Crippen molar-refractivity contribution in [2.24, 2.45) is 5.92 Å². The Balaban J connectivity index is 2.12. The zero-order valence-electron chi connectivity index (χ0n) is 9.69. The van der Waals surface area contributed by atoms with Crippen LogP contribution in [0.1, 0.15) is 17.5 Å². The molecule has 1 fully saturated rings. The van der Waals surface area contributed by atoms with Crippen molar-refractivity contribution < 1.29 is 9.53 Å². The topological polar surface area (TPSA) is 62.1 Å². The zero-order chi connectivity index (χ0) is 12.3. The average molecular weight is 230 g/mol. The van der Waals surface area contributed by atoms with Crippen LogP contribution in [0.4, 0.5) is 5.69 Å². The fraction of sp³-hybridized carbons (Fsp3) is 0.385. The number of aryl methyl sites for hydroxylation is 1. The predicted octanol–water partition coefficient (Wildman–Crippen LogP) is 1.84. The summed E-state index contributed by atoms with van der Waals surface area (Å²) < 4.78 is 5.18. The predicted molar refractivity (Wildman–Crippen MR) is 63.4 cm³/mol. The van der Waals surface area contributed by atoms with Gasteiger partial charge in [0, 0.05) is 12.3 Å². The summed E-state index contributed by atoms with van der Waals surface area (Å²) in [6, 6.07) is 7.33. The first-order chi connectivity index (χ1) is 8.20. The molecule has 1 amide bonds. The molecule has 0 radical (unpaired) electrons. The summed E-state index contributed by atoms with van der Waals surface area (Å²) in [4.78, 5) is 11.9. The standard InChI is InChI=1S/C13H14N2O2/c1-9-2-3-10(7-14)6-12(9)15-13(16)11-4-5-17-8-11/h2-3,6,11H,4-5,8H2,1H3,(H,15,16). The minimum atomic E-state index is -0.0693. The molecule has 1 heterocycles. The number of benzene rings is 1. The number of carbonyl (C=O) groups is 1. The normalized spacial score (nSPS) is 18.7. The molecule has 0 aromatic heterocycles. The monoisotopic (exact) mass is 230 g/mol. The lowest BCUT2D eigenvalue weighted by molar-refractivity contribution is -0.119. The molecule has 1 aliphatic rings. The Bertz CT molecular complexity index is 471. The van der Waals surface area contributed by atoms with E-state index in [0.29, 0.717) is 24.5 Å². The van der Waals surface area contributed by atoms with Crippen molar-refractivity contribution in [3.05, 3.63) is 29.3 Å². The van der Waals surface area contributed by atoms with Gasteiger partial charge in [0.25, 0.3) is 0 Å². The summed E-state index contributed by atoms with van der Waals surface area (Å²) in [6.07, 6.45) is 0.767. The SMILES string of the molecule is Cc1ccc(C#N)cc1NC(=O)C1CCOC1. The molecule has 0 aliphatic carbocycles. The van der Waals surface area contributed by atoms with Crippen LogP contribution < -0.4 is 5.32 Å². The van der Waals surface area contributed by atoms with E-state index >= 15 is 0 Å². The van der Waals surface area contributed by atoms with Crippen LogP contribution in [-0.4, -0.2) is 19.1 Å². The number of hydrogen-bond acceptors (Lipinski definition) is 3. The Morgan fingerprint density at radius 3 is 3.06 bits per heavy atom. The van der Waals surface area contributed by atoms with Gasteiger partial charge >= 0.3 is 0 Å². The van der Waals surface area contributed by atoms with E-state index in [1.54, 1.807) is 12.1 Å². The van der Waals surface area contributed by atoms with Gasteiger partial charge in [-0.1, -0.05) is 6.07 Å². The van der Waals surface area contributed by atoms with Gasteiger partial charge in [0.15, 0.2) is 0 Å². The van der Waals surface area contributed by atoms with Crippen molar-refractivity contribution in [3.63, 3.8) is 0 Å². The number of nitrogens with zero attached hydrogens (tertiary/aromatic N) is 1. The van der Waals surface area contributed by atoms with Gasteiger partial charge < -0.3 is 10.1 Å². The molecule has 0 spiro atoms. The van der Waals surface area contributed by atoms with Crippen molar-refractivity contribution in [2.75, 3.05) is 18.5 Å². The third-order valence-electron chi connectivity index (χ3n) is 2.93. The summed E-state index contributed by atoms with van der Waals surface area (Å²) in [7, 11) is 0. The molecule has 1 unspecified atom stereocenters. The molecule has 1 N–H and O–H groups in total. The second kappa shape index (κ2) is 4.98. The van der Waals surface area contributed by atoms with Crippen LogP contribution in [-0.2, 0) is 9.53 Å². The first-order valence-corrected chi connectivity index (χ1v) is 5.60. The highest BCUT2D eigenvalue weighted by Gasteiger charge is 2.23. The van der Waals surface area contributed by atoms with Crippen LogP contribution >= 0.6 is 0 Å². The van der Waals surface area contributed by atoms with E-state index in [1.807, 2.05) is 13.0 Å². The molecule has 1 aromatic carbocycles. The first-order valence-electron chi connectivity index (χ1n) is 5.60. The molecule has 0 bridgehead atoms. The van der Waals surface area contributed by atoms with Gasteiger partial charge in [-0.15, -0.1) is 0 Å². The van der Waals surface area contributed by atoms with E-state index < -0.39 is 0 Å². The van der Waals surface area contributed by atoms with E-state index in [2.05, 4.69) is 11.4 Å². The fourth-order valence-electron chi connectivity index (χ4n) is 1.80. The van der Waals surface area contributed by atoms with E-state index in [-0.39, 0.29) is 11.8 Å². The maximum atomic E-state index is 11.9. The van der Waals surface area contributed by atoms with Crippen LogP contribution in [0.2, 0.25) is 0 Å². The largest absolute Gasteiger partial charge is 0.381 e. The number of anilines is 1. The Hall–Kier alpha value is -1.86. The lowest BCUT2D eigenvalue weighted by Gasteiger charge is -2.11. The molecular weight excluding hydrogens is 216 g/mol. The lowest BCUT2D eigenvalue weighted by atomic mass is 10.1. The Morgan fingerprint density at radius 1 is 1.59 bits per heavy atom. The van der Waals surface area contributed by atoms with Gasteiger partial charge in [-0.05, 0) is 31.0 Å². The maximum Gasteiger partial charge on any atom is 0.229 e. The van der Waals surface area contributed by atoms with Crippen LogP contribution in [0.5, 0.6) is 0 Å². The average Bonchev–Trinajstić information content (AvgIpc) is 2.85. The summed E-state index contributed by atoms with van der Waals surface area (Å²) in [5, 5.41) is 11.7. The van der Waals surface area contributed by atoms with E-state index in [0.717, 1.165) is 12.0 Å². The number of carbonyl (C=O) groups excluding carboxylic acids is 1. The highest BCUT2D eigenvalue weighted by Crippen LogP contribution is 2.19. The van der Waals surface area contributed by atoms with Gasteiger partial charge in [0.2, 0.25) is 5.91 Å². The third kappa shape index (κ3) is 2.63. The van der Waals surface area contributed by atoms with E-state index in [1.165, 1.54) is 0 Å². The zero-order valence-corrected chi connectivity index (χ0v) is 9.69. The summed E-state index contributed by atoms with van der Waals surface area (Å²) in [5.41, 5.74) is 2.21. The minimum Gasteiger partial charge on any atom is -0.381 e. The van der Waals surface area contributed by atoms with Gasteiger partial charge in [0.1, 0.15) is 0 Å². The molecule has 0 saturated carbocycles. The Morgan fingerprint density at radius 2 is 2.41 bits per heavy atom. The molecule has 2 rings (SSSR count). The van der Waals surface area contributed by atoms with Crippen LogP contribution in [0.25, 0.3) is 0 Å². The Labute approximate surface area is 100 Å². The molecule has 17 heavy (non-hydrogen) atoms. The summed E-state index contributed by atoms with van der Waals surface area (Å²) >= 11 is 0. The van der Waals surface area contributed by atoms with Gasteiger partial charge in [-0.2, -0.15) is 5.26 Å². The van der Waals surface area contributed by atoms with Crippen molar-refractivity contribution in [3.8, 4) is 6.07 Å². The molecule has 1 saturated heterocycles. The molecular formula is C13H14N2O2. The molecule has 1 aliphatic heterocycles. The van der Waals surface area contributed by atoms with Gasteiger partial charge in [-0.3, -0.25) is 4.79 Å². The number of rotatable bonds is 2. The van der Waals surface area contributed by atoms with E-state index in [4.69, 9.17) is 10.00 Å². The molecule has 88 valence electrons. The van der Waals surface area contributed by atoms with Crippen LogP contribution in [0.3, 0.4) is 0 Å². The van der Waals surface area contributed by atoms with Crippen LogP contribution in [0.15, 0.2) is 18.2 Å². The number of nitrogens with one attached hydrogen (secondary N) is 1. The van der Waals surface area contributed by atoms with Crippen molar-refractivity contribution in [1.82, 2.24) is 0 Å². The van der Waals surface area contributed by atoms with Crippen molar-refractivity contribution >= 4 is 11.6 Å². The van der Waals surface area contributed by atoms with Gasteiger partial charge in [0.05, 0.1) is 24.2 Å². The molecule has 1 aromatic rings. The van der Waals surface area contributed by atoms with Crippen LogP contribution in [0, 0.1) is 24.2 Å². The lowest BCUT2D eigenvalue weighted by Crippen LogP contribution is -2.23. The smallest absolute Gasteiger partial charge is 0.229 e. The first kappa shape index (κ1) is 11.6. The molecule has 4 nitrogen and oxygen atoms in total. The third-order valence-corrected chi connectivity index (χ3v) is 2.93. The second-order valence-electron chi connectivity index (χ2n) is 4.19. The fourth-order valence-corrected chi connectivity index (χ4v) is 1.80. The number of ether oxygens (including phenoxy) is 1. The number of hydrogen-bond donors (Lipinski definition) is 1. The van der Waals surface area contributed by atoms with Crippen molar-refractivity contribution in [1.29, 1.82) is 5.26 Å². The maximum absolute atomic E-state index is 11.9. The highest BCUT2D eigenvalue weighted by atomic mass is 16.5.